The summed E-state index contributed by atoms with van der Waals surface area (Å²) in [4.78, 5) is 32.9. The second kappa shape index (κ2) is 6.36. The maximum absolute atomic E-state index is 12.4. The molecule has 2 N–H and O–H groups in total. The summed E-state index contributed by atoms with van der Waals surface area (Å²) < 4.78 is 9.40. The molecular weight excluding hydrogens is 362 g/mol. The standard InChI is InChI=1S/C15H19N7O3.ClH/c1-20-11-10(12(23)21(2)14(20)24)22(8-17-11)7-4-9-18-13(19-25-9)15(16)5-3-6-15;/h8H,3-7,16H2,1-2H3;1H. The van der Waals surface area contributed by atoms with Crippen LogP contribution in [0.2, 0.25) is 0 Å². The lowest BCUT2D eigenvalue weighted by atomic mass is 9.77. The molecule has 10 nitrogen and oxygen atoms in total. The van der Waals surface area contributed by atoms with Gasteiger partial charge in [-0.05, 0) is 19.3 Å². The van der Waals surface area contributed by atoms with E-state index in [4.69, 9.17) is 10.3 Å². The van der Waals surface area contributed by atoms with Crippen LogP contribution in [0.5, 0.6) is 0 Å². The molecule has 0 bridgehead atoms. The zero-order valence-corrected chi connectivity index (χ0v) is 15.3. The molecule has 1 saturated carbocycles. The molecule has 26 heavy (non-hydrogen) atoms. The number of nitrogens with two attached hydrogens (primary N) is 1. The highest BCUT2D eigenvalue weighted by atomic mass is 35.5. The molecule has 0 aliphatic heterocycles. The average molecular weight is 382 g/mol. The van der Waals surface area contributed by atoms with Gasteiger partial charge >= 0.3 is 5.69 Å². The Bertz CT molecular complexity index is 1070. The number of rotatable bonds is 4. The summed E-state index contributed by atoms with van der Waals surface area (Å²) in [6.45, 7) is 0.434. The second-order valence-electron chi connectivity index (χ2n) is 6.59. The van der Waals surface area contributed by atoms with Crippen molar-refractivity contribution in [2.45, 2.75) is 37.8 Å². The molecule has 1 fully saturated rings. The van der Waals surface area contributed by atoms with Gasteiger partial charge in [-0.1, -0.05) is 5.16 Å². The first-order chi connectivity index (χ1) is 11.9. The van der Waals surface area contributed by atoms with Gasteiger partial charge in [0.25, 0.3) is 5.56 Å². The van der Waals surface area contributed by atoms with Crippen LogP contribution in [0.4, 0.5) is 0 Å². The molecule has 0 saturated heterocycles. The van der Waals surface area contributed by atoms with Crippen molar-refractivity contribution >= 4 is 23.6 Å². The smallest absolute Gasteiger partial charge is 0.332 e. The van der Waals surface area contributed by atoms with Crippen molar-refractivity contribution in [3.05, 3.63) is 38.9 Å². The van der Waals surface area contributed by atoms with E-state index in [1.54, 1.807) is 17.9 Å². The minimum Gasteiger partial charge on any atom is -0.339 e. The van der Waals surface area contributed by atoms with Crippen LogP contribution in [0.3, 0.4) is 0 Å². The van der Waals surface area contributed by atoms with Gasteiger partial charge in [0.05, 0.1) is 11.9 Å². The van der Waals surface area contributed by atoms with Gasteiger partial charge in [-0.2, -0.15) is 4.98 Å². The van der Waals surface area contributed by atoms with E-state index in [0.717, 1.165) is 23.8 Å². The first-order valence-electron chi connectivity index (χ1n) is 8.13. The summed E-state index contributed by atoms with van der Waals surface area (Å²) in [5, 5.41) is 3.98. The lowest BCUT2D eigenvalue weighted by Crippen LogP contribution is -2.44. The summed E-state index contributed by atoms with van der Waals surface area (Å²) >= 11 is 0. The van der Waals surface area contributed by atoms with Crippen molar-refractivity contribution in [2.75, 3.05) is 0 Å². The Labute approximate surface area is 154 Å². The lowest BCUT2D eigenvalue weighted by Gasteiger charge is -2.34. The van der Waals surface area contributed by atoms with E-state index in [2.05, 4.69) is 15.1 Å². The van der Waals surface area contributed by atoms with Crippen molar-refractivity contribution in [3.63, 3.8) is 0 Å². The van der Waals surface area contributed by atoms with Crippen LogP contribution in [-0.2, 0) is 32.6 Å². The molecule has 3 aromatic rings. The number of imidazole rings is 1. The number of hydrogen-bond donors (Lipinski definition) is 1. The van der Waals surface area contributed by atoms with Crippen LogP contribution >= 0.6 is 12.4 Å². The zero-order valence-electron chi connectivity index (χ0n) is 14.5. The van der Waals surface area contributed by atoms with Gasteiger partial charge in [0.15, 0.2) is 17.0 Å². The summed E-state index contributed by atoms with van der Waals surface area (Å²) in [6, 6.07) is 0. The molecule has 0 atom stereocenters. The third-order valence-corrected chi connectivity index (χ3v) is 4.94. The Morgan fingerprint density at radius 2 is 2.00 bits per heavy atom. The van der Waals surface area contributed by atoms with Crippen LogP contribution in [-0.4, -0.2) is 28.8 Å². The number of aromatic nitrogens is 6. The van der Waals surface area contributed by atoms with E-state index in [9.17, 15) is 9.59 Å². The minimum atomic E-state index is -0.461. The zero-order chi connectivity index (χ0) is 17.8. The van der Waals surface area contributed by atoms with Crippen molar-refractivity contribution in [1.29, 1.82) is 0 Å². The van der Waals surface area contributed by atoms with E-state index in [1.165, 1.54) is 11.6 Å². The third kappa shape index (κ3) is 2.65. The molecular formula is C15H20ClN7O3. The molecule has 0 radical (unpaired) electrons. The van der Waals surface area contributed by atoms with Gasteiger partial charge in [0.2, 0.25) is 5.89 Å². The molecule has 4 rings (SSSR count). The minimum absolute atomic E-state index is 0. The van der Waals surface area contributed by atoms with E-state index in [1.807, 2.05) is 0 Å². The molecule has 0 spiro atoms. The van der Waals surface area contributed by atoms with Gasteiger partial charge in [-0.25, -0.2) is 9.78 Å². The Hall–Kier alpha value is -2.46. The van der Waals surface area contributed by atoms with E-state index >= 15 is 0 Å². The predicted molar refractivity (Wildman–Crippen MR) is 95.2 cm³/mol. The van der Waals surface area contributed by atoms with Crippen molar-refractivity contribution in [2.24, 2.45) is 19.8 Å². The molecule has 140 valence electrons. The Kier molecular flexibility index (Phi) is 4.49. The fourth-order valence-corrected chi connectivity index (χ4v) is 3.12. The monoisotopic (exact) mass is 381 g/mol. The van der Waals surface area contributed by atoms with E-state index in [-0.39, 0.29) is 18.0 Å². The average Bonchev–Trinajstić information content (AvgIpc) is 3.21. The first kappa shape index (κ1) is 18.3. The van der Waals surface area contributed by atoms with Crippen LogP contribution in [0.25, 0.3) is 11.2 Å². The van der Waals surface area contributed by atoms with Gasteiger partial charge in [0.1, 0.15) is 0 Å². The lowest BCUT2D eigenvalue weighted by molar-refractivity contribution is 0.229. The maximum Gasteiger partial charge on any atom is 0.332 e. The van der Waals surface area contributed by atoms with Gasteiger partial charge in [-0.15, -0.1) is 12.4 Å². The van der Waals surface area contributed by atoms with Gasteiger partial charge in [-0.3, -0.25) is 13.9 Å². The predicted octanol–water partition coefficient (Wildman–Crippen LogP) is -0.181. The quantitative estimate of drug-likeness (QED) is 0.664. The molecule has 3 aromatic heterocycles. The molecule has 0 unspecified atom stereocenters. The van der Waals surface area contributed by atoms with Crippen molar-refractivity contribution < 1.29 is 4.52 Å². The summed E-state index contributed by atoms with van der Waals surface area (Å²) in [7, 11) is 3.04. The Morgan fingerprint density at radius 3 is 2.65 bits per heavy atom. The fraction of sp³-hybridized carbons (Fsp3) is 0.533. The van der Waals surface area contributed by atoms with Crippen molar-refractivity contribution in [1.82, 2.24) is 28.8 Å². The van der Waals surface area contributed by atoms with Crippen LogP contribution in [0.1, 0.15) is 31.0 Å². The summed E-state index contributed by atoms with van der Waals surface area (Å²) in [6.07, 6.45) is 4.79. The third-order valence-electron chi connectivity index (χ3n) is 4.94. The van der Waals surface area contributed by atoms with Crippen LogP contribution in [0.15, 0.2) is 20.4 Å². The van der Waals surface area contributed by atoms with Crippen LogP contribution < -0.4 is 17.0 Å². The number of fused-ring (bicyclic) bond motifs is 1. The highest BCUT2D eigenvalue weighted by Gasteiger charge is 2.38. The van der Waals surface area contributed by atoms with Gasteiger partial charge in [0, 0.05) is 27.1 Å². The first-order valence-corrected chi connectivity index (χ1v) is 8.13. The second-order valence-corrected chi connectivity index (χ2v) is 6.59. The van der Waals surface area contributed by atoms with E-state index in [0.29, 0.717) is 35.8 Å². The van der Waals surface area contributed by atoms with Crippen LogP contribution in [0, 0.1) is 0 Å². The maximum atomic E-state index is 12.4. The number of aryl methyl sites for hydroxylation is 3. The van der Waals surface area contributed by atoms with E-state index < -0.39 is 11.2 Å². The normalized spacial score (nSPS) is 15.7. The van der Waals surface area contributed by atoms with Gasteiger partial charge < -0.3 is 14.8 Å². The SMILES string of the molecule is Cl.Cn1c(=O)c2c(ncn2CCc2nc(C3(N)CCC3)no2)n(C)c1=O. The molecule has 3 heterocycles. The largest absolute Gasteiger partial charge is 0.339 e. The highest BCUT2D eigenvalue weighted by Crippen LogP contribution is 2.36. The molecule has 1 aliphatic carbocycles. The molecule has 0 aromatic carbocycles. The molecule has 0 amide bonds. The summed E-state index contributed by atoms with van der Waals surface area (Å²) in [5.41, 5.74) is 5.68. The number of hydrogen-bond acceptors (Lipinski definition) is 7. The fourth-order valence-electron chi connectivity index (χ4n) is 3.12. The Balaban J connectivity index is 0.00000196. The number of nitrogens with zero attached hydrogens (tertiary/aromatic N) is 6. The van der Waals surface area contributed by atoms with Crippen molar-refractivity contribution in [3.8, 4) is 0 Å². The molecule has 11 heteroatoms. The Morgan fingerprint density at radius 1 is 1.27 bits per heavy atom. The topological polar surface area (TPSA) is 127 Å². The summed E-state index contributed by atoms with van der Waals surface area (Å²) in [5.74, 6) is 1.01. The number of halogens is 1. The highest BCUT2D eigenvalue weighted by molar-refractivity contribution is 5.85. The molecule has 1 aliphatic rings.